The van der Waals surface area contributed by atoms with Gasteiger partial charge < -0.3 is 0 Å². The normalized spacial score (nSPS) is 20.7. The molecule has 1 aromatic carbocycles. The lowest BCUT2D eigenvalue weighted by molar-refractivity contribution is -0.124. The molecule has 0 saturated heterocycles. The molecule has 0 amide bonds. The molecule has 2 nitrogen and oxygen atoms in total. The lowest BCUT2D eigenvalue weighted by atomic mass is 9.88. The molecule has 18 heavy (non-hydrogen) atoms. The highest BCUT2D eigenvalue weighted by Crippen LogP contribution is 2.31. The van der Waals surface area contributed by atoms with Crippen molar-refractivity contribution in [2.75, 3.05) is 0 Å². The molecule has 1 aliphatic carbocycles. The van der Waals surface area contributed by atoms with Crippen molar-refractivity contribution in [3.05, 3.63) is 60.2 Å². The van der Waals surface area contributed by atoms with Gasteiger partial charge >= 0.3 is 0 Å². The van der Waals surface area contributed by atoms with Gasteiger partial charge in [0, 0.05) is 5.56 Å². The second-order valence-corrected chi connectivity index (χ2v) is 3.96. The van der Waals surface area contributed by atoms with E-state index in [1.807, 2.05) is 0 Å². The zero-order chi connectivity index (χ0) is 13.2. The first-order valence-corrected chi connectivity index (χ1v) is 5.40. The second kappa shape index (κ2) is 4.64. The molecule has 4 heteroatoms. The van der Waals surface area contributed by atoms with Crippen molar-refractivity contribution in [2.45, 2.75) is 5.92 Å². The van der Waals surface area contributed by atoms with E-state index in [-0.39, 0.29) is 5.56 Å². The predicted octanol–water partition coefficient (Wildman–Crippen LogP) is 2.82. The number of halogens is 2. The summed E-state index contributed by atoms with van der Waals surface area (Å²) in [6, 6.07) is 7.70. The average Bonchev–Trinajstić information content (AvgIpc) is 2.37. The van der Waals surface area contributed by atoms with Crippen LogP contribution >= 0.6 is 0 Å². The van der Waals surface area contributed by atoms with Crippen LogP contribution in [0.4, 0.5) is 8.78 Å². The Morgan fingerprint density at radius 3 is 2.33 bits per heavy atom. The first-order chi connectivity index (χ1) is 8.52. The summed E-state index contributed by atoms with van der Waals surface area (Å²) in [4.78, 5) is 23.6. The highest BCUT2D eigenvalue weighted by molar-refractivity contribution is 6.44. The van der Waals surface area contributed by atoms with Crippen LogP contribution in [0.2, 0.25) is 0 Å². The number of ketones is 2. The quantitative estimate of drug-likeness (QED) is 0.609. The number of Topliss-reactive ketones (excluding diaryl/α,β-unsaturated/α-hetero) is 2. The molecule has 92 valence electrons. The molecular weight excluding hydrogens is 238 g/mol. The zero-order valence-electron chi connectivity index (χ0n) is 9.35. The van der Waals surface area contributed by atoms with Crippen molar-refractivity contribution in [1.29, 1.82) is 0 Å². The van der Waals surface area contributed by atoms with Crippen LogP contribution in [0.3, 0.4) is 0 Å². The van der Waals surface area contributed by atoms with Gasteiger partial charge in [-0.25, -0.2) is 8.78 Å². The van der Waals surface area contributed by atoms with Crippen molar-refractivity contribution in [1.82, 2.24) is 0 Å². The van der Waals surface area contributed by atoms with E-state index in [0.717, 1.165) is 12.2 Å². The summed E-state index contributed by atoms with van der Waals surface area (Å²) in [5.74, 6) is -7.00. The Balaban J connectivity index is 2.25. The molecule has 0 radical (unpaired) electrons. The van der Waals surface area contributed by atoms with Gasteiger partial charge in [0.25, 0.3) is 5.92 Å². The number of hydrogen-bond acceptors (Lipinski definition) is 2. The molecule has 1 aromatic rings. The topological polar surface area (TPSA) is 34.1 Å². The van der Waals surface area contributed by atoms with E-state index >= 15 is 0 Å². The van der Waals surface area contributed by atoms with Gasteiger partial charge in [-0.2, -0.15) is 0 Å². The fourth-order valence-corrected chi connectivity index (χ4v) is 1.73. The maximum Gasteiger partial charge on any atom is 0.280 e. The monoisotopic (exact) mass is 248 g/mol. The third-order valence-corrected chi connectivity index (χ3v) is 2.69. The number of carbonyl (C=O) groups is 2. The molecule has 1 atom stereocenters. The molecule has 0 fully saturated rings. The molecule has 1 aliphatic rings. The summed E-state index contributed by atoms with van der Waals surface area (Å²) in [6.45, 7) is 0. The highest BCUT2D eigenvalue weighted by atomic mass is 19.3. The molecule has 0 aromatic heterocycles. The predicted molar refractivity (Wildman–Crippen MR) is 62.5 cm³/mol. The van der Waals surface area contributed by atoms with Gasteiger partial charge in [-0.3, -0.25) is 9.59 Å². The van der Waals surface area contributed by atoms with E-state index in [1.165, 1.54) is 18.2 Å². The van der Waals surface area contributed by atoms with Crippen molar-refractivity contribution in [3.63, 3.8) is 0 Å². The van der Waals surface area contributed by atoms with Gasteiger partial charge in [-0.15, -0.1) is 0 Å². The Bertz CT molecular complexity index is 530. The Morgan fingerprint density at radius 1 is 1.06 bits per heavy atom. The van der Waals surface area contributed by atoms with Crippen LogP contribution in [0.25, 0.3) is 0 Å². The van der Waals surface area contributed by atoms with Crippen molar-refractivity contribution in [2.24, 2.45) is 5.92 Å². The average molecular weight is 248 g/mol. The second-order valence-electron chi connectivity index (χ2n) is 3.96. The van der Waals surface area contributed by atoms with E-state index in [9.17, 15) is 18.4 Å². The Hall–Kier alpha value is -2.10. The SMILES string of the molecule is O=C(C(=O)C1C=CC=CC1(F)F)c1ccccc1. The lowest BCUT2D eigenvalue weighted by Crippen LogP contribution is -2.36. The van der Waals surface area contributed by atoms with Crippen LogP contribution in [0.5, 0.6) is 0 Å². The highest BCUT2D eigenvalue weighted by Gasteiger charge is 2.43. The molecule has 0 spiro atoms. The molecule has 0 heterocycles. The van der Waals surface area contributed by atoms with Crippen LogP contribution < -0.4 is 0 Å². The van der Waals surface area contributed by atoms with E-state index in [2.05, 4.69) is 0 Å². The summed E-state index contributed by atoms with van der Waals surface area (Å²) in [5, 5.41) is 0. The Labute approximate surface area is 103 Å². The van der Waals surface area contributed by atoms with Gasteiger partial charge in [-0.1, -0.05) is 48.6 Å². The number of carbonyl (C=O) groups excluding carboxylic acids is 2. The molecule has 0 saturated carbocycles. The summed E-state index contributed by atoms with van der Waals surface area (Å²) in [6.07, 6.45) is 4.20. The van der Waals surface area contributed by atoms with Crippen LogP contribution in [-0.2, 0) is 4.79 Å². The fourth-order valence-electron chi connectivity index (χ4n) is 1.73. The van der Waals surface area contributed by atoms with Crippen molar-refractivity contribution < 1.29 is 18.4 Å². The van der Waals surface area contributed by atoms with Gasteiger partial charge in [0.2, 0.25) is 11.6 Å². The van der Waals surface area contributed by atoms with Crippen molar-refractivity contribution >= 4 is 11.6 Å². The number of allylic oxidation sites excluding steroid dienone is 4. The Morgan fingerprint density at radius 2 is 1.72 bits per heavy atom. The van der Waals surface area contributed by atoms with Crippen LogP contribution in [-0.4, -0.2) is 17.5 Å². The standard InChI is InChI=1S/C14H10F2O2/c15-14(16)9-5-4-8-11(14)13(18)12(17)10-6-2-1-3-7-10/h1-9,11H. The fraction of sp³-hybridized carbons (Fsp3) is 0.143. The molecule has 0 N–H and O–H groups in total. The van der Waals surface area contributed by atoms with Gasteiger partial charge in [0.15, 0.2) is 0 Å². The first kappa shape index (κ1) is 12.4. The maximum absolute atomic E-state index is 13.5. The van der Waals surface area contributed by atoms with E-state index in [0.29, 0.717) is 6.08 Å². The molecule has 0 bridgehead atoms. The smallest absolute Gasteiger partial charge is 0.280 e. The lowest BCUT2D eigenvalue weighted by Gasteiger charge is -2.21. The third-order valence-electron chi connectivity index (χ3n) is 2.69. The summed E-state index contributed by atoms with van der Waals surface area (Å²) < 4.78 is 27.0. The van der Waals surface area contributed by atoms with Crippen LogP contribution in [0, 0.1) is 5.92 Å². The first-order valence-electron chi connectivity index (χ1n) is 5.40. The van der Waals surface area contributed by atoms with Crippen LogP contribution in [0.15, 0.2) is 54.6 Å². The number of benzene rings is 1. The summed E-state index contributed by atoms with van der Waals surface area (Å²) >= 11 is 0. The summed E-state index contributed by atoms with van der Waals surface area (Å²) in [5.41, 5.74) is 0.126. The number of rotatable bonds is 3. The third kappa shape index (κ3) is 2.27. The van der Waals surface area contributed by atoms with Gasteiger partial charge in [0.05, 0.1) is 0 Å². The molecule has 1 unspecified atom stereocenters. The minimum atomic E-state index is -3.31. The number of hydrogen-bond donors (Lipinski definition) is 0. The van der Waals surface area contributed by atoms with E-state index in [1.54, 1.807) is 18.2 Å². The van der Waals surface area contributed by atoms with Crippen molar-refractivity contribution in [3.8, 4) is 0 Å². The van der Waals surface area contributed by atoms with Gasteiger partial charge in [-0.05, 0) is 6.08 Å². The van der Waals surface area contributed by atoms with Crippen LogP contribution in [0.1, 0.15) is 10.4 Å². The molecular formula is C14H10F2O2. The maximum atomic E-state index is 13.5. The zero-order valence-corrected chi connectivity index (χ0v) is 9.35. The summed E-state index contributed by atoms with van der Waals surface area (Å²) in [7, 11) is 0. The van der Waals surface area contributed by atoms with E-state index in [4.69, 9.17) is 0 Å². The molecule has 2 rings (SSSR count). The minimum absolute atomic E-state index is 0.126. The molecule has 0 aliphatic heterocycles. The largest absolute Gasteiger partial charge is 0.290 e. The minimum Gasteiger partial charge on any atom is -0.290 e. The van der Waals surface area contributed by atoms with Gasteiger partial charge in [0.1, 0.15) is 5.92 Å². The number of alkyl halides is 2. The Kier molecular flexibility index (Phi) is 3.19. The van der Waals surface area contributed by atoms with E-state index < -0.39 is 23.4 Å².